The second-order valence-corrected chi connectivity index (χ2v) is 6.61. The summed E-state index contributed by atoms with van der Waals surface area (Å²) in [5.41, 5.74) is 0.496. The number of halogens is 2. The molecule has 0 amide bonds. The molecule has 3 rings (SSSR count). The Morgan fingerprint density at radius 3 is 2.86 bits per heavy atom. The molecule has 1 aliphatic heterocycles. The number of oxime groups is 1. The topological polar surface area (TPSA) is 24.8 Å². The van der Waals surface area contributed by atoms with Crippen molar-refractivity contribution in [2.45, 2.75) is 44.9 Å². The highest BCUT2D eigenvalue weighted by Crippen LogP contribution is 2.27. The number of hydrogen-bond acceptors (Lipinski definition) is 3. The van der Waals surface area contributed by atoms with Crippen LogP contribution in [0.2, 0.25) is 5.02 Å². The van der Waals surface area contributed by atoms with Crippen LogP contribution in [0.4, 0.5) is 4.39 Å². The van der Waals surface area contributed by atoms with E-state index in [1.165, 1.54) is 38.2 Å². The number of benzene rings is 1. The van der Waals surface area contributed by atoms with Gasteiger partial charge in [-0.3, -0.25) is 0 Å². The van der Waals surface area contributed by atoms with Crippen LogP contribution in [-0.2, 0) is 11.3 Å². The molecule has 3 nitrogen and oxygen atoms in total. The fraction of sp³-hybridized carbons (Fsp3) is 0.588. The molecule has 2 aliphatic rings. The van der Waals surface area contributed by atoms with Crippen LogP contribution >= 0.6 is 11.6 Å². The minimum Gasteiger partial charge on any atom is -0.372 e. The van der Waals surface area contributed by atoms with Gasteiger partial charge in [0.1, 0.15) is 5.82 Å². The van der Waals surface area contributed by atoms with Gasteiger partial charge in [-0.1, -0.05) is 54.9 Å². The van der Waals surface area contributed by atoms with Gasteiger partial charge in [0.15, 0.2) is 12.6 Å². The van der Waals surface area contributed by atoms with Gasteiger partial charge in [-0.25, -0.2) is 4.39 Å². The van der Waals surface area contributed by atoms with Gasteiger partial charge in [0.25, 0.3) is 0 Å². The van der Waals surface area contributed by atoms with Crippen LogP contribution in [0.15, 0.2) is 23.4 Å². The zero-order valence-corrected chi connectivity index (χ0v) is 13.5. The summed E-state index contributed by atoms with van der Waals surface area (Å²) in [6.07, 6.45) is 8.30. The maximum absolute atomic E-state index is 13.9. The SMILES string of the molecule is Fc1cccc(Cl)c1CC1=NOCN1CCC1CCCCC1. The standard InChI is InChI=1S/C17H22ClFN2O/c18-15-7-4-8-16(19)14(15)11-17-20-22-12-21(17)10-9-13-5-2-1-3-6-13/h4,7-8,13H,1-3,5-6,9-12H2. The summed E-state index contributed by atoms with van der Waals surface area (Å²) in [6.45, 7) is 1.39. The Morgan fingerprint density at radius 1 is 1.27 bits per heavy atom. The molecular weight excluding hydrogens is 303 g/mol. The summed E-state index contributed by atoms with van der Waals surface area (Å²) >= 11 is 6.10. The van der Waals surface area contributed by atoms with Crippen molar-refractivity contribution in [2.75, 3.05) is 13.3 Å². The van der Waals surface area contributed by atoms with Crippen molar-refractivity contribution in [3.8, 4) is 0 Å². The van der Waals surface area contributed by atoms with Crippen molar-refractivity contribution in [1.82, 2.24) is 4.90 Å². The predicted molar refractivity (Wildman–Crippen MR) is 86.4 cm³/mol. The molecule has 0 unspecified atom stereocenters. The van der Waals surface area contributed by atoms with Gasteiger partial charge in [-0.2, -0.15) is 0 Å². The Morgan fingerprint density at radius 2 is 2.09 bits per heavy atom. The van der Waals surface area contributed by atoms with E-state index in [9.17, 15) is 4.39 Å². The summed E-state index contributed by atoms with van der Waals surface area (Å²) in [6, 6.07) is 4.77. The molecule has 1 aromatic carbocycles. The highest BCUT2D eigenvalue weighted by molar-refractivity contribution is 6.31. The summed E-state index contributed by atoms with van der Waals surface area (Å²) in [5, 5.41) is 4.52. The van der Waals surface area contributed by atoms with Crippen LogP contribution in [-0.4, -0.2) is 24.0 Å². The molecule has 0 bridgehead atoms. The van der Waals surface area contributed by atoms with E-state index in [0.717, 1.165) is 24.7 Å². The molecule has 0 spiro atoms. The molecule has 22 heavy (non-hydrogen) atoms. The third-order valence-electron chi connectivity index (χ3n) is 4.68. The lowest BCUT2D eigenvalue weighted by molar-refractivity contribution is 0.105. The summed E-state index contributed by atoms with van der Waals surface area (Å²) < 4.78 is 13.9. The summed E-state index contributed by atoms with van der Waals surface area (Å²) in [5.74, 6) is 1.31. The first-order chi connectivity index (χ1) is 10.7. The fourth-order valence-corrected chi connectivity index (χ4v) is 3.55. The van der Waals surface area contributed by atoms with Crippen molar-refractivity contribution in [2.24, 2.45) is 11.1 Å². The zero-order valence-electron chi connectivity index (χ0n) is 12.7. The van der Waals surface area contributed by atoms with Crippen molar-refractivity contribution in [3.05, 3.63) is 34.6 Å². The smallest absolute Gasteiger partial charge is 0.190 e. The monoisotopic (exact) mass is 324 g/mol. The maximum atomic E-state index is 13.9. The molecule has 0 N–H and O–H groups in total. The van der Waals surface area contributed by atoms with E-state index in [-0.39, 0.29) is 5.82 Å². The molecule has 0 radical (unpaired) electrons. The number of nitrogens with zero attached hydrogens (tertiary/aromatic N) is 2. The number of amidine groups is 1. The Bertz CT molecular complexity index is 523. The van der Waals surface area contributed by atoms with E-state index >= 15 is 0 Å². The lowest BCUT2D eigenvalue weighted by Gasteiger charge is -2.25. The van der Waals surface area contributed by atoms with Crippen LogP contribution in [0.5, 0.6) is 0 Å². The van der Waals surface area contributed by atoms with Crippen molar-refractivity contribution in [1.29, 1.82) is 0 Å². The van der Waals surface area contributed by atoms with Gasteiger partial charge in [0.2, 0.25) is 0 Å². The van der Waals surface area contributed by atoms with Crippen LogP contribution in [0.3, 0.4) is 0 Å². The van der Waals surface area contributed by atoms with Crippen LogP contribution in [0, 0.1) is 11.7 Å². The minimum atomic E-state index is -0.283. The van der Waals surface area contributed by atoms with Crippen LogP contribution < -0.4 is 0 Å². The summed E-state index contributed by atoms with van der Waals surface area (Å²) in [4.78, 5) is 7.32. The second kappa shape index (κ2) is 7.32. The van der Waals surface area contributed by atoms with Crippen molar-refractivity contribution >= 4 is 17.4 Å². The molecule has 1 saturated carbocycles. The van der Waals surface area contributed by atoms with Gasteiger partial charge in [0.05, 0.1) is 0 Å². The average Bonchev–Trinajstić information content (AvgIpc) is 2.97. The van der Waals surface area contributed by atoms with Crippen molar-refractivity contribution in [3.63, 3.8) is 0 Å². The lowest BCUT2D eigenvalue weighted by Crippen LogP contribution is -2.31. The van der Waals surface area contributed by atoms with Crippen molar-refractivity contribution < 1.29 is 9.23 Å². The van der Waals surface area contributed by atoms with Gasteiger partial charge in [-0.15, -0.1) is 0 Å². The first-order valence-corrected chi connectivity index (χ1v) is 8.48. The molecule has 5 heteroatoms. The molecule has 120 valence electrons. The third-order valence-corrected chi connectivity index (χ3v) is 5.03. The quantitative estimate of drug-likeness (QED) is 0.791. The third kappa shape index (κ3) is 3.72. The average molecular weight is 325 g/mol. The van der Waals surface area contributed by atoms with Gasteiger partial charge in [0, 0.05) is 23.6 Å². The predicted octanol–water partition coefficient (Wildman–Crippen LogP) is 4.60. The minimum absolute atomic E-state index is 0.283. The van der Waals surface area contributed by atoms with E-state index in [1.807, 2.05) is 0 Å². The Kier molecular flexibility index (Phi) is 5.19. The molecule has 1 aliphatic carbocycles. The molecule has 1 aromatic rings. The van der Waals surface area contributed by atoms with Gasteiger partial charge in [-0.05, 0) is 24.5 Å². The van der Waals surface area contributed by atoms with Crippen LogP contribution in [0.1, 0.15) is 44.1 Å². The molecule has 0 saturated heterocycles. The van der Waals surface area contributed by atoms with E-state index < -0.39 is 0 Å². The molecule has 1 fully saturated rings. The number of hydrogen-bond donors (Lipinski definition) is 0. The largest absolute Gasteiger partial charge is 0.372 e. The van der Waals surface area contributed by atoms with Gasteiger partial charge >= 0.3 is 0 Å². The van der Waals surface area contributed by atoms with E-state index in [2.05, 4.69) is 10.1 Å². The van der Waals surface area contributed by atoms with E-state index in [1.54, 1.807) is 12.1 Å². The zero-order chi connectivity index (χ0) is 15.4. The Hall–Kier alpha value is -1.29. The molecular formula is C17H22ClFN2O. The van der Waals surface area contributed by atoms with E-state index in [4.69, 9.17) is 16.4 Å². The van der Waals surface area contributed by atoms with Crippen LogP contribution in [0.25, 0.3) is 0 Å². The first-order valence-electron chi connectivity index (χ1n) is 8.10. The van der Waals surface area contributed by atoms with Gasteiger partial charge < -0.3 is 9.74 Å². The Labute approximate surface area is 136 Å². The number of rotatable bonds is 5. The molecule has 0 aromatic heterocycles. The highest BCUT2D eigenvalue weighted by atomic mass is 35.5. The Balaban J connectivity index is 1.58. The molecule has 1 heterocycles. The lowest BCUT2D eigenvalue weighted by atomic mass is 9.87. The fourth-order valence-electron chi connectivity index (χ4n) is 3.32. The maximum Gasteiger partial charge on any atom is 0.190 e. The first kappa shape index (κ1) is 15.6. The van der Waals surface area contributed by atoms with E-state index in [0.29, 0.717) is 23.7 Å². The second-order valence-electron chi connectivity index (χ2n) is 6.20. The molecule has 0 atom stereocenters. The normalized spacial score (nSPS) is 19.2. The highest BCUT2D eigenvalue weighted by Gasteiger charge is 2.23. The summed E-state index contributed by atoms with van der Waals surface area (Å²) in [7, 11) is 0.